The summed E-state index contributed by atoms with van der Waals surface area (Å²) in [6.07, 6.45) is 0. The van der Waals surface area contributed by atoms with Crippen molar-refractivity contribution in [1.82, 2.24) is 9.80 Å². The van der Waals surface area contributed by atoms with E-state index in [-0.39, 0.29) is 16.7 Å². The number of piperazine rings is 1. The summed E-state index contributed by atoms with van der Waals surface area (Å²) in [4.78, 5) is 17.9. The molecule has 2 atom stereocenters. The van der Waals surface area contributed by atoms with Crippen molar-refractivity contribution < 1.29 is 4.79 Å². The van der Waals surface area contributed by atoms with E-state index in [4.69, 9.17) is 5.73 Å². The fourth-order valence-electron chi connectivity index (χ4n) is 4.15. The van der Waals surface area contributed by atoms with E-state index in [1.807, 2.05) is 56.8 Å². The van der Waals surface area contributed by atoms with E-state index in [0.717, 1.165) is 48.3 Å². The van der Waals surface area contributed by atoms with Crippen molar-refractivity contribution in [3.8, 4) is 0 Å². The number of amides is 1. The highest BCUT2D eigenvalue weighted by Gasteiger charge is 2.42. The maximum atomic E-state index is 13.4. The van der Waals surface area contributed by atoms with Crippen molar-refractivity contribution in [2.75, 3.05) is 31.9 Å². The molecule has 2 aliphatic heterocycles. The summed E-state index contributed by atoms with van der Waals surface area (Å²) >= 11 is 0. The number of hydrogen-bond acceptors (Lipinski definition) is 5. The van der Waals surface area contributed by atoms with Gasteiger partial charge < -0.3 is 10.6 Å². The van der Waals surface area contributed by atoms with E-state index >= 15 is 0 Å². The number of carbonyl (C=O) groups is 1. The molecule has 4 rings (SSSR count). The zero-order chi connectivity index (χ0) is 19.0. The molecule has 0 bridgehead atoms. The van der Waals surface area contributed by atoms with E-state index in [9.17, 15) is 4.79 Å². The Morgan fingerprint density at radius 3 is 2.74 bits per heavy atom. The lowest BCUT2D eigenvalue weighted by Gasteiger charge is -2.49. The van der Waals surface area contributed by atoms with Gasteiger partial charge in [-0.2, -0.15) is 0 Å². The van der Waals surface area contributed by atoms with Gasteiger partial charge in [-0.15, -0.1) is 0 Å². The van der Waals surface area contributed by atoms with Crippen LogP contribution >= 0.6 is 21.6 Å². The molecular formula is C21H27N3OS2. The first-order valence-electron chi connectivity index (χ1n) is 9.53. The van der Waals surface area contributed by atoms with Gasteiger partial charge in [0.15, 0.2) is 0 Å². The molecule has 2 aliphatic rings. The predicted octanol–water partition coefficient (Wildman–Crippen LogP) is 3.47. The number of benzene rings is 2. The third-order valence-electron chi connectivity index (χ3n) is 5.63. The summed E-state index contributed by atoms with van der Waals surface area (Å²) in [5, 5.41) is 2.16. The molecular weight excluding hydrogens is 374 g/mol. The molecule has 2 heterocycles. The number of rotatable bonds is 1. The molecule has 2 aromatic carbocycles. The molecule has 2 unspecified atom stereocenters. The van der Waals surface area contributed by atoms with Gasteiger partial charge in [0.2, 0.25) is 0 Å². The van der Waals surface area contributed by atoms with Gasteiger partial charge >= 0.3 is 0 Å². The van der Waals surface area contributed by atoms with Gasteiger partial charge in [0.25, 0.3) is 5.91 Å². The molecule has 0 aliphatic carbocycles. The fraction of sp³-hybridized carbons (Fsp3) is 0.476. The number of fused-ring (bicyclic) bond motifs is 2. The van der Waals surface area contributed by atoms with Crippen LogP contribution in [0.3, 0.4) is 0 Å². The van der Waals surface area contributed by atoms with Crippen LogP contribution in [-0.4, -0.2) is 64.5 Å². The van der Waals surface area contributed by atoms with Crippen LogP contribution in [0.25, 0.3) is 10.8 Å². The zero-order valence-corrected chi connectivity index (χ0v) is 17.6. The van der Waals surface area contributed by atoms with Gasteiger partial charge in [-0.25, -0.2) is 0 Å². The topological polar surface area (TPSA) is 49.6 Å². The summed E-state index contributed by atoms with van der Waals surface area (Å²) in [5.41, 5.74) is 7.10. The second kappa shape index (κ2) is 7.66. The highest BCUT2D eigenvalue weighted by atomic mass is 33.1. The lowest BCUT2D eigenvalue weighted by molar-refractivity contribution is 0.0407. The van der Waals surface area contributed by atoms with Crippen LogP contribution in [0.1, 0.15) is 24.2 Å². The first-order valence-corrected chi connectivity index (χ1v) is 11.8. The summed E-state index contributed by atoms with van der Waals surface area (Å²) in [6, 6.07) is 14.7. The third-order valence-corrected chi connectivity index (χ3v) is 9.06. The van der Waals surface area contributed by atoms with E-state index in [0.29, 0.717) is 6.04 Å². The highest BCUT2D eigenvalue weighted by molar-refractivity contribution is 8.77. The van der Waals surface area contributed by atoms with Gasteiger partial charge in [0.05, 0.1) is 0 Å². The molecule has 6 heteroatoms. The summed E-state index contributed by atoms with van der Waals surface area (Å²) in [6.45, 7) is 7.92. The smallest absolute Gasteiger partial charge is 0.254 e. The SMILES string of the molecule is CC1(C)SSCC(N)CN2CCN(C(=O)c3cccc4ccccc34)CC21. The lowest BCUT2D eigenvalue weighted by Crippen LogP contribution is -2.63. The van der Waals surface area contributed by atoms with Gasteiger partial charge in [0, 0.05) is 54.3 Å². The number of nitrogens with two attached hydrogens (primary N) is 1. The Balaban J connectivity index is 1.61. The average molecular weight is 402 g/mol. The minimum atomic E-state index is 0.0719. The molecule has 0 aromatic heterocycles. The zero-order valence-electron chi connectivity index (χ0n) is 15.9. The van der Waals surface area contributed by atoms with Crippen molar-refractivity contribution in [3.63, 3.8) is 0 Å². The maximum absolute atomic E-state index is 13.4. The van der Waals surface area contributed by atoms with E-state index < -0.39 is 0 Å². The van der Waals surface area contributed by atoms with Crippen molar-refractivity contribution in [1.29, 1.82) is 0 Å². The molecule has 2 aromatic rings. The Bertz CT molecular complexity index is 836. The second-order valence-electron chi connectivity index (χ2n) is 8.02. The monoisotopic (exact) mass is 401 g/mol. The van der Waals surface area contributed by atoms with Gasteiger partial charge in [0.1, 0.15) is 0 Å². The molecule has 2 fully saturated rings. The van der Waals surface area contributed by atoms with Gasteiger partial charge in [-0.05, 0) is 30.7 Å². The summed E-state index contributed by atoms with van der Waals surface area (Å²) in [7, 11) is 3.78. The molecule has 27 heavy (non-hydrogen) atoms. The van der Waals surface area contributed by atoms with Crippen molar-refractivity contribution in [2.45, 2.75) is 30.7 Å². The van der Waals surface area contributed by atoms with Crippen molar-refractivity contribution in [3.05, 3.63) is 48.0 Å². The fourth-order valence-corrected chi connectivity index (χ4v) is 7.11. The minimum Gasteiger partial charge on any atom is -0.336 e. The van der Waals surface area contributed by atoms with Crippen LogP contribution < -0.4 is 5.73 Å². The standard InChI is InChI=1S/C21H27N3OS2/c1-21(2)19-13-24(11-10-23(19)12-16(22)14-26-27-21)20(25)18-9-5-7-15-6-3-4-8-17(15)18/h3-9,16,19H,10-14,22H2,1-2H3. The third kappa shape index (κ3) is 3.86. The molecule has 0 radical (unpaired) electrons. The van der Waals surface area contributed by atoms with Gasteiger partial charge in [-0.1, -0.05) is 58.0 Å². The molecule has 0 spiro atoms. The molecule has 4 nitrogen and oxygen atoms in total. The van der Waals surface area contributed by atoms with Crippen molar-refractivity contribution in [2.24, 2.45) is 5.73 Å². The Hall–Kier alpha value is -1.21. The number of nitrogens with zero attached hydrogens (tertiary/aromatic N) is 2. The van der Waals surface area contributed by atoms with E-state index in [2.05, 4.69) is 30.9 Å². The first kappa shape index (κ1) is 19.1. The van der Waals surface area contributed by atoms with Crippen LogP contribution in [0.4, 0.5) is 0 Å². The average Bonchev–Trinajstić information content (AvgIpc) is 2.66. The molecule has 2 saturated heterocycles. The largest absolute Gasteiger partial charge is 0.336 e. The van der Waals surface area contributed by atoms with E-state index in [1.165, 1.54) is 0 Å². The summed E-state index contributed by atoms with van der Waals surface area (Å²) < 4.78 is 0.0719. The first-order chi connectivity index (χ1) is 13.0. The molecule has 1 amide bonds. The molecule has 0 saturated carbocycles. The Morgan fingerprint density at radius 2 is 1.89 bits per heavy atom. The van der Waals surface area contributed by atoms with Crippen LogP contribution in [-0.2, 0) is 0 Å². The summed E-state index contributed by atoms with van der Waals surface area (Å²) in [5.74, 6) is 1.13. The van der Waals surface area contributed by atoms with Gasteiger partial charge in [-0.3, -0.25) is 9.69 Å². The minimum absolute atomic E-state index is 0.0719. The molecule has 144 valence electrons. The number of hydrogen-bond donors (Lipinski definition) is 1. The normalized spacial score (nSPS) is 26.3. The second-order valence-corrected chi connectivity index (χ2v) is 11.0. The van der Waals surface area contributed by atoms with E-state index in [1.54, 1.807) is 0 Å². The predicted molar refractivity (Wildman–Crippen MR) is 117 cm³/mol. The number of carbonyl (C=O) groups excluding carboxylic acids is 1. The van der Waals surface area contributed by atoms with Crippen LogP contribution in [0, 0.1) is 0 Å². The lowest BCUT2D eigenvalue weighted by atomic mass is 9.96. The Labute approximate surface area is 169 Å². The Kier molecular flexibility index (Phi) is 5.43. The molecule has 2 N–H and O–H groups in total. The highest BCUT2D eigenvalue weighted by Crippen LogP contribution is 2.42. The van der Waals surface area contributed by atoms with Crippen LogP contribution in [0.15, 0.2) is 42.5 Å². The van der Waals surface area contributed by atoms with Crippen LogP contribution in [0.5, 0.6) is 0 Å². The maximum Gasteiger partial charge on any atom is 0.254 e. The van der Waals surface area contributed by atoms with Crippen LogP contribution in [0.2, 0.25) is 0 Å². The quantitative estimate of drug-likeness (QED) is 0.742. The Morgan fingerprint density at radius 1 is 1.11 bits per heavy atom. The van der Waals surface area contributed by atoms with Crippen molar-refractivity contribution >= 4 is 38.3 Å².